The zero-order valence-corrected chi connectivity index (χ0v) is 14.8. The first-order valence-corrected chi connectivity index (χ1v) is 8.61. The van der Waals surface area contributed by atoms with Crippen molar-refractivity contribution in [2.75, 3.05) is 13.1 Å². The first-order valence-electron chi connectivity index (χ1n) is 8.61. The predicted octanol–water partition coefficient (Wildman–Crippen LogP) is 2.40. The fraction of sp³-hybridized carbons (Fsp3) is 0.368. The first kappa shape index (κ1) is 19.5. The zero-order valence-electron chi connectivity index (χ0n) is 14.8. The lowest BCUT2D eigenvalue weighted by molar-refractivity contribution is -0.120. The lowest BCUT2D eigenvalue weighted by Gasteiger charge is -2.14. The smallest absolute Gasteiger partial charge is 0.315 e. The molecule has 0 bridgehead atoms. The number of urea groups is 1. The molecule has 0 radical (unpaired) electrons. The molecule has 0 spiro atoms. The Morgan fingerprint density at radius 3 is 2.69 bits per heavy atom. The molecule has 26 heavy (non-hydrogen) atoms. The van der Waals surface area contributed by atoms with Gasteiger partial charge in [-0.1, -0.05) is 12.1 Å². The SMILES string of the molecule is CC(CCc1ccco1)NC(=O)NCCNC(=O)Cc1cccc(F)c1. The molecule has 140 valence electrons. The van der Waals surface area contributed by atoms with Crippen LogP contribution in [0.15, 0.2) is 47.1 Å². The van der Waals surface area contributed by atoms with E-state index in [0.717, 1.165) is 18.6 Å². The molecule has 1 atom stereocenters. The van der Waals surface area contributed by atoms with E-state index in [2.05, 4.69) is 16.0 Å². The normalized spacial score (nSPS) is 11.6. The second kappa shape index (κ2) is 10.2. The maximum Gasteiger partial charge on any atom is 0.315 e. The van der Waals surface area contributed by atoms with Crippen molar-refractivity contribution in [3.05, 3.63) is 59.8 Å². The summed E-state index contributed by atoms with van der Waals surface area (Å²) in [6, 6.07) is 9.38. The van der Waals surface area contributed by atoms with Crippen LogP contribution < -0.4 is 16.0 Å². The third-order valence-electron chi connectivity index (χ3n) is 3.77. The van der Waals surface area contributed by atoms with E-state index in [1.54, 1.807) is 18.4 Å². The highest BCUT2D eigenvalue weighted by atomic mass is 19.1. The molecule has 0 aliphatic carbocycles. The first-order chi connectivity index (χ1) is 12.5. The van der Waals surface area contributed by atoms with Crippen LogP contribution in [0.3, 0.4) is 0 Å². The molecule has 6 nitrogen and oxygen atoms in total. The molecular formula is C19H24FN3O3. The Morgan fingerprint density at radius 2 is 1.96 bits per heavy atom. The quantitative estimate of drug-likeness (QED) is 0.600. The summed E-state index contributed by atoms with van der Waals surface area (Å²) in [5.41, 5.74) is 0.610. The summed E-state index contributed by atoms with van der Waals surface area (Å²) in [4.78, 5) is 23.6. The predicted molar refractivity (Wildman–Crippen MR) is 96.1 cm³/mol. The summed E-state index contributed by atoms with van der Waals surface area (Å²) in [7, 11) is 0. The molecule has 1 aromatic heterocycles. The number of aryl methyl sites for hydroxylation is 1. The molecule has 2 aromatic rings. The van der Waals surface area contributed by atoms with Gasteiger partial charge in [-0.3, -0.25) is 4.79 Å². The highest BCUT2D eigenvalue weighted by molar-refractivity contribution is 5.78. The van der Waals surface area contributed by atoms with Crippen LogP contribution in [0, 0.1) is 5.82 Å². The minimum absolute atomic E-state index is 0.00247. The van der Waals surface area contributed by atoms with E-state index in [1.165, 1.54) is 12.1 Å². The minimum atomic E-state index is -0.366. The van der Waals surface area contributed by atoms with Crippen molar-refractivity contribution in [3.8, 4) is 0 Å². The van der Waals surface area contributed by atoms with Crippen LogP contribution in [-0.2, 0) is 17.6 Å². The van der Waals surface area contributed by atoms with E-state index < -0.39 is 0 Å². The van der Waals surface area contributed by atoms with Gasteiger partial charge in [0.2, 0.25) is 5.91 Å². The molecule has 0 saturated heterocycles. The molecule has 0 aliphatic rings. The second-order valence-electron chi connectivity index (χ2n) is 6.08. The van der Waals surface area contributed by atoms with Gasteiger partial charge in [-0.25, -0.2) is 9.18 Å². The van der Waals surface area contributed by atoms with E-state index in [0.29, 0.717) is 18.7 Å². The Kier molecular flexibility index (Phi) is 7.67. The highest BCUT2D eigenvalue weighted by Crippen LogP contribution is 2.05. The third-order valence-corrected chi connectivity index (χ3v) is 3.77. The van der Waals surface area contributed by atoms with E-state index in [-0.39, 0.29) is 30.2 Å². The Balaban J connectivity index is 1.55. The average Bonchev–Trinajstić information content (AvgIpc) is 3.10. The fourth-order valence-corrected chi connectivity index (χ4v) is 2.43. The number of amides is 3. The summed E-state index contributed by atoms with van der Waals surface area (Å²) < 4.78 is 18.3. The van der Waals surface area contributed by atoms with Crippen molar-refractivity contribution in [3.63, 3.8) is 0 Å². The number of carbonyl (C=O) groups is 2. The number of furan rings is 1. The highest BCUT2D eigenvalue weighted by Gasteiger charge is 2.08. The minimum Gasteiger partial charge on any atom is -0.469 e. The van der Waals surface area contributed by atoms with E-state index in [1.807, 2.05) is 19.1 Å². The van der Waals surface area contributed by atoms with Crippen molar-refractivity contribution in [1.82, 2.24) is 16.0 Å². The van der Waals surface area contributed by atoms with Gasteiger partial charge in [0.25, 0.3) is 0 Å². The van der Waals surface area contributed by atoms with Crippen LogP contribution in [0.4, 0.5) is 9.18 Å². The number of hydrogen-bond donors (Lipinski definition) is 3. The Labute approximate surface area is 152 Å². The number of rotatable bonds is 9. The molecule has 1 unspecified atom stereocenters. The van der Waals surface area contributed by atoms with Gasteiger partial charge in [-0.05, 0) is 43.2 Å². The van der Waals surface area contributed by atoms with Gasteiger partial charge in [0.15, 0.2) is 0 Å². The van der Waals surface area contributed by atoms with Gasteiger partial charge in [0, 0.05) is 25.6 Å². The van der Waals surface area contributed by atoms with Gasteiger partial charge in [-0.2, -0.15) is 0 Å². The second-order valence-corrected chi connectivity index (χ2v) is 6.08. The molecule has 1 aromatic carbocycles. The summed E-state index contributed by atoms with van der Waals surface area (Å²) in [5, 5.41) is 8.20. The van der Waals surface area contributed by atoms with Gasteiger partial charge in [-0.15, -0.1) is 0 Å². The van der Waals surface area contributed by atoms with Crippen LogP contribution in [0.2, 0.25) is 0 Å². The summed E-state index contributed by atoms with van der Waals surface area (Å²) >= 11 is 0. The largest absolute Gasteiger partial charge is 0.469 e. The molecule has 0 fully saturated rings. The molecule has 1 heterocycles. The molecule has 2 rings (SSSR count). The zero-order chi connectivity index (χ0) is 18.8. The van der Waals surface area contributed by atoms with Crippen LogP contribution in [0.5, 0.6) is 0 Å². The number of carbonyl (C=O) groups excluding carboxylic acids is 2. The molecule has 7 heteroatoms. The maximum absolute atomic E-state index is 13.1. The van der Waals surface area contributed by atoms with Gasteiger partial charge in [0.1, 0.15) is 11.6 Å². The van der Waals surface area contributed by atoms with Crippen LogP contribution in [0.25, 0.3) is 0 Å². The standard InChI is InChI=1S/C19H24FN3O3/c1-14(7-8-17-6-3-11-26-17)23-19(25)22-10-9-21-18(24)13-15-4-2-5-16(20)12-15/h2-6,11-12,14H,7-10,13H2,1H3,(H,21,24)(H2,22,23,25). The molecule has 0 aliphatic heterocycles. The lowest BCUT2D eigenvalue weighted by atomic mass is 10.1. The van der Waals surface area contributed by atoms with Gasteiger partial charge >= 0.3 is 6.03 Å². The average molecular weight is 361 g/mol. The number of benzene rings is 1. The molecular weight excluding hydrogens is 337 g/mol. The van der Waals surface area contributed by atoms with Crippen molar-refractivity contribution >= 4 is 11.9 Å². The van der Waals surface area contributed by atoms with E-state index in [9.17, 15) is 14.0 Å². The van der Waals surface area contributed by atoms with Crippen LogP contribution >= 0.6 is 0 Å². The van der Waals surface area contributed by atoms with Gasteiger partial charge in [0.05, 0.1) is 12.7 Å². The van der Waals surface area contributed by atoms with Crippen LogP contribution in [0.1, 0.15) is 24.7 Å². The Hall–Kier alpha value is -2.83. The van der Waals surface area contributed by atoms with Crippen molar-refractivity contribution in [2.45, 2.75) is 32.2 Å². The van der Waals surface area contributed by atoms with Crippen molar-refractivity contribution in [1.29, 1.82) is 0 Å². The van der Waals surface area contributed by atoms with E-state index in [4.69, 9.17) is 4.42 Å². The summed E-state index contributed by atoms with van der Waals surface area (Å²) in [6.45, 7) is 2.54. The number of halogens is 1. The maximum atomic E-state index is 13.1. The van der Waals surface area contributed by atoms with Crippen molar-refractivity contribution in [2.24, 2.45) is 0 Å². The number of nitrogens with one attached hydrogen (secondary N) is 3. The Morgan fingerprint density at radius 1 is 1.15 bits per heavy atom. The molecule has 3 amide bonds. The fourth-order valence-electron chi connectivity index (χ4n) is 2.43. The summed E-state index contributed by atoms with van der Waals surface area (Å²) in [5.74, 6) is 0.305. The molecule has 0 saturated carbocycles. The summed E-state index contributed by atoms with van der Waals surface area (Å²) in [6.07, 6.45) is 3.26. The monoisotopic (exact) mass is 361 g/mol. The number of hydrogen-bond acceptors (Lipinski definition) is 3. The van der Waals surface area contributed by atoms with Crippen LogP contribution in [-0.4, -0.2) is 31.1 Å². The third kappa shape index (κ3) is 7.38. The van der Waals surface area contributed by atoms with Crippen molar-refractivity contribution < 1.29 is 18.4 Å². The topological polar surface area (TPSA) is 83.4 Å². The van der Waals surface area contributed by atoms with E-state index >= 15 is 0 Å². The lowest BCUT2D eigenvalue weighted by Crippen LogP contribution is -2.43. The van der Waals surface area contributed by atoms with Gasteiger partial charge < -0.3 is 20.4 Å². The molecule has 3 N–H and O–H groups in total. The Bertz CT molecular complexity index is 704.